The quantitative estimate of drug-likeness (QED) is 0.527. The molecule has 1 amide bonds. The summed E-state index contributed by atoms with van der Waals surface area (Å²) in [6.45, 7) is 0. The van der Waals surface area contributed by atoms with Gasteiger partial charge in [0.2, 0.25) is 0 Å². The molecule has 1 aliphatic carbocycles. The molecule has 0 atom stereocenters. The first-order valence-electron chi connectivity index (χ1n) is 9.04. The Labute approximate surface area is 171 Å². The van der Waals surface area contributed by atoms with Gasteiger partial charge < -0.3 is 10.6 Å². The Kier molecular flexibility index (Phi) is 6.27. The standard InChI is InChI=1S/C21H19ClF3N3O/c22-16-6-1-2-7-17(16)28-18(12-19(26)21(23,24)25)13-8-10-14(11-9-13)20(29)27-15-4-3-5-15/h1-2,6-12,15,26,28H,3-5H2,(H,27,29)/b18-12-,26-19?. The van der Waals surface area contributed by atoms with E-state index in [1.165, 1.54) is 12.1 Å². The van der Waals surface area contributed by atoms with Crippen LogP contribution in [0.25, 0.3) is 5.70 Å². The summed E-state index contributed by atoms with van der Waals surface area (Å²) in [6.07, 6.45) is -1.07. The first-order valence-corrected chi connectivity index (χ1v) is 9.42. The summed E-state index contributed by atoms with van der Waals surface area (Å²) in [5.41, 5.74) is -0.241. The number of hydrogen-bond donors (Lipinski definition) is 3. The van der Waals surface area contributed by atoms with Crippen LogP contribution in [0.4, 0.5) is 18.9 Å². The molecule has 4 nitrogen and oxygen atoms in total. The third kappa shape index (κ3) is 5.38. The molecule has 0 bridgehead atoms. The molecule has 0 spiro atoms. The van der Waals surface area contributed by atoms with Crippen molar-refractivity contribution in [2.75, 3.05) is 5.32 Å². The molecule has 152 valence electrons. The molecule has 3 rings (SSSR count). The third-order valence-corrected chi connectivity index (χ3v) is 4.97. The van der Waals surface area contributed by atoms with Crippen molar-refractivity contribution in [2.45, 2.75) is 31.5 Å². The minimum absolute atomic E-state index is 0.0476. The van der Waals surface area contributed by atoms with E-state index in [0.29, 0.717) is 27.9 Å². The zero-order valence-corrected chi connectivity index (χ0v) is 16.1. The molecule has 8 heteroatoms. The van der Waals surface area contributed by atoms with Crippen LogP contribution in [0.5, 0.6) is 0 Å². The highest BCUT2D eigenvalue weighted by atomic mass is 35.5. The van der Waals surface area contributed by atoms with Crippen molar-refractivity contribution in [2.24, 2.45) is 0 Å². The van der Waals surface area contributed by atoms with Gasteiger partial charge in [-0.1, -0.05) is 35.9 Å². The van der Waals surface area contributed by atoms with Crippen LogP contribution in [0, 0.1) is 5.41 Å². The van der Waals surface area contributed by atoms with Crippen LogP contribution in [0.2, 0.25) is 5.02 Å². The van der Waals surface area contributed by atoms with Gasteiger partial charge in [-0.2, -0.15) is 13.2 Å². The molecule has 0 heterocycles. The number of hydrogen-bond acceptors (Lipinski definition) is 3. The molecule has 1 aliphatic rings. The van der Waals surface area contributed by atoms with Gasteiger partial charge in [-0.3, -0.25) is 10.2 Å². The molecule has 0 aromatic heterocycles. The summed E-state index contributed by atoms with van der Waals surface area (Å²) in [7, 11) is 0. The third-order valence-electron chi connectivity index (χ3n) is 4.64. The zero-order valence-electron chi connectivity index (χ0n) is 15.3. The predicted octanol–water partition coefficient (Wildman–Crippen LogP) is 5.66. The number of anilines is 1. The maximum Gasteiger partial charge on any atom is 0.432 e. The van der Waals surface area contributed by atoms with Gasteiger partial charge in [0.1, 0.15) is 5.71 Å². The van der Waals surface area contributed by atoms with Gasteiger partial charge in [0.25, 0.3) is 5.91 Å². The maximum atomic E-state index is 12.9. The number of benzene rings is 2. The van der Waals surface area contributed by atoms with Gasteiger partial charge in [0.05, 0.1) is 10.7 Å². The number of amides is 1. The van der Waals surface area contributed by atoms with Crippen molar-refractivity contribution in [3.05, 3.63) is 70.8 Å². The average molecular weight is 422 g/mol. The lowest BCUT2D eigenvalue weighted by Gasteiger charge is -2.26. The highest BCUT2D eigenvalue weighted by Gasteiger charge is 2.33. The Morgan fingerprint density at radius 1 is 1.07 bits per heavy atom. The van der Waals surface area contributed by atoms with Crippen LogP contribution in [0.15, 0.2) is 54.6 Å². The number of para-hydroxylation sites is 1. The number of nitrogens with one attached hydrogen (secondary N) is 3. The van der Waals surface area contributed by atoms with E-state index in [0.717, 1.165) is 19.3 Å². The Hall–Kier alpha value is -2.80. The number of rotatable bonds is 6. The van der Waals surface area contributed by atoms with Gasteiger partial charge in [0.15, 0.2) is 0 Å². The number of alkyl halides is 3. The molecule has 1 saturated carbocycles. The van der Waals surface area contributed by atoms with E-state index in [2.05, 4.69) is 10.6 Å². The lowest BCUT2D eigenvalue weighted by molar-refractivity contribution is -0.0583. The smallest absolute Gasteiger partial charge is 0.354 e. The molecule has 0 radical (unpaired) electrons. The van der Waals surface area contributed by atoms with Crippen LogP contribution >= 0.6 is 11.6 Å². The van der Waals surface area contributed by atoms with Gasteiger partial charge in [-0.05, 0) is 55.2 Å². The van der Waals surface area contributed by atoms with Crippen molar-refractivity contribution in [1.29, 1.82) is 5.41 Å². The first kappa shape index (κ1) is 20.9. The normalized spacial score (nSPS) is 14.8. The molecule has 2 aromatic rings. The topological polar surface area (TPSA) is 65.0 Å². The summed E-state index contributed by atoms with van der Waals surface area (Å²) in [5, 5.41) is 13.4. The van der Waals surface area contributed by atoms with E-state index < -0.39 is 11.9 Å². The fraction of sp³-hybridized carbons (Fsp3) is 0.238. The largest absolute Gasteiger partial charge is 0.432 e. The maximum absolute atomic E-state index is 12.9. The van der Waals surface area contributed by atoms with Crippen molar-refractivity contribution >= 4 is 34.6 Å². The number of halogens is 4. The minimum Gasteiger partial charge on any atom is -0.354 e. The van der Waals surface area contributed by atoms with Gasteiger partial charge in [-0.25, -0.2) is 0 Å². The summed E-state index contributed by atoms with van der Waals surface area (Å²) in [4.78, 5) is 12.2. The fourth-order valence-corrected chi connectivity index (χ4v) is 2.93. The Bertz CT molecular complexity index is 935. The van der Waals surface area contributed by atoms with Gasteiger partial charge in [0, 0.05) is 17.3 Å². The SMILES string of the molecule is N=C(/C=C(\Nc1ccccc1Cl)c1ccc(C(=O)NC2CCC2)cc1)C(F)(F)F. The molecule has 0 saturated heterocycles. The van der Waals surface area contributed by atoms with Crippen molar-refractivity contribution in [1.82, 2.24) is 5.32 Å². The molecular weight excluding hydrogens is 403 g/mol. The second kappa shape index (κ2) is 8.69. The van der Waals surface area contributed by atoms with Crippen molar-refractivity contribution in [3.8, 4) is 0 Å². The second-order valence-corrected chi connectivity index (χ2v) is 7.16. The molecular formula is C21H19ClF3N3O. The number of carbonyl (C=O) groups excluding carboxylic acids is 1. The summed E-state index contributed by atoms with van der Waals surface area (Å²) in [5.74, 6) is -0.214. The zero-order chi connectivity index (χ0) is 21.0. The molecule has 1 fully saturated rings. The minimum atomic E-state index is -4.78. The number of allylic oxidation sites excluding steroid dienone is 1. The lowest BCUT2D eigenvalue weighted by Crippen LogP contribution is -2.39. The van der Waals surface area contributed by atoms with Crippen LogP contribution in [0.3, 0.4) is 0 Å². The molecule has 0 unspecified atom stereocenters. The summed E-state index contributed by atoms with van der Waals surface area (Å²) >= 11 is 6.10. The van der Waals surface area contributed by atoms with Gasteiger partial charge in [-0.15, -0.1) is 0 Å². The second-order valence-electron chi connectivity index (χ2n) is 6.75. The van der Waals surface area contributed by atoms with Crippen LogP contribution in [0.1, 0.15) is 35.2 Å². The van der Waals surface area contributed by atoms with Crippen LogP contribution in [-0.4, -0.2) is 23.8 Å². The van der Waals surface area contributed by atoms with E-state index in [1.54, 1.807) is 36.4 Å². The molecule has 29 heavy (non-hydrogen) atoms. The van der Waals surface area contributed by atoms with Crippen LogP contribution < -0.4 is 10.6 Å². The molecule has 0 aliphatic heterocycles. The Balaban J connectivity index is 1.86. The summed E-state index contributed by atoms with van der Waals surface area (Å²) in [6, 6.07) is 13.0. The fourth-order valence-electron chi connectivity index (χ4n) is 2.75. The molecule has 2 aromatic carbocycles. The van der Waals surface area contributed by atoms with E-state index in [-0.39, 0.29) is 17.6 Å². The van der Waals surface area contributed by atoms with E-state index >= 15 is 0 Å². The first-order chi connectivity index (χ1) is 13.7. The average Bonchev–Trinajstić information content (AvgIpc) is 2.65. The van der Waals surface area contributed by atoms with E-state index in [4.69, 9.17) is 17.0 Å². The highest BCUT2D eigenvalue weighted by molar-refractivity contribution is 6.33. The number of carbonyl (C=O) groups is 1. The Morgan fingerprint density at radius 3 is 2.24 bits per heavy atom. The highest BCUT2D eigenvalue weighted by Crippen LogP contribution is 2.27. The van der Waals surface area contributed by atoms with Crippen molar-refractivity contribution in [3.63, 3.8) is 0 Å². The van der Waals surface area contributed by atoms with Gasteiger partial charge >= 0.3 is 6.18 Å². The van der Waals surface area contributed by atoms with E-state index in [9.17, 15) is 18.0 Å². The van der Waals surface area contributed by atoms with E-state index in [1.807, 2.05) is 0 Å². The summed E-state index contributed by atoms with van der Waals surface area (Å²) < 4.78 is 38.7. The predicted molar refractivity (Wildman–Crippen MR) is 108 cm³/mol. The molecule has 3 N–H and O–H groups in total. The monoisotopic (exact) mass is 421 g/mol. The Morgan fingerprint density at radius 2 is 1.69 bits per heavy atom. The van der Waals surface area contributed by atoms with Crippen molar-refractivity contribution < 1.29 is 18.0 Å². The van der Waals surface area contributed by atoms with Crippen LogP contribution in [-0.2, 0) is 0 Å². The lowest BCUT2D eigenvalue weighted by atomic mass is 9.93.